The molecule has 0 aromatic rings. The van der Waals surface area contributed by atoms with Gasteiger partial charge in [-0.15, -0.1) is 0 Å². The number of hydrogen-bond donors (Lipinski definition) is 7. The van der Waals surface area contributed by atoms with Crippen LogP contribution in [0.2, 0.25) is 0 Å². The van der Waals surface area contributed by atoms with E-state index in [0.717, 1.165) is 0 Å². The molecule has 0 radical (unpaired) electrons. The standard InChI is InChI=1S/C13H24N4O7/c1-6(2)10(17-11(22)7(14)4-18)13(24)16-8(5-19)12(23)15-3-9(20)21/h6-8,10,18-19H,3-5,14H2,1-2H3,(H,15,23)(H,16,24)(H,17,22)(H,20,21). The van der Waals surface area contributed by atoms with E-state index in [1.54, 1.807) is 13.8 Å². The van der Waals surface area contributed by atoms with Crippen LogP contribution in [0.5, 0.6) is 0 Å². The number of amides is 3. The van der Waals surface area contributed by atoms with Crippen LogP contribution in [-0.2, 0) is 19.2 Å². The van der Waals surface area contributed by atoms with Crippen molar-refractivity contribution in [3.05, 3.63) is 0 Å². The third-order valence-electron chi connectivity index (χ3n) is 3.01. The first-order valence-electron chi connectivity index (χ1n) is 7.21. The summed E-state index contributed by atoms with van der Waals surface area (Å²) in [5.41, 5.74) is 5.36. The first-order chi connectivity index (χ1) is 11.1. The van der Waals surface area contributed by atoms with Crippen molar-refractivity contribution < 1.29 is 34.5 Å². The van der Waals surface area contributed by atoms with Gasteiger partial charge in [-0.2, -0.15) is 0 Å². The van der Waals surface area contributed by atoms with Crippen molar-refractivity contribution in [2.45, 2.75) is 32.0 Å². The van der Waals surface area contributed by atoms with Gasteiger partial charge in [0.05, 0.1) is 13.2 Å². The highest BCUT2D eigenvalue weighted by Crippen LogP contribution is 2.03. The first kappa shape index (κ1) is 21.8. The number of aliphatic hydroxyl groups excluding tert-OH is 2. The average Bonchev–Trinajstić information content (AvgIpc) is 2.53. The number of aliphatic hydroxyl groups is 2. The second-order valence-electron chi connectivity index (χ2n) is 5.37. The Kier molecular flexibility index (Phi) is 9.54. The summed E-state index contributed by atoms with van der Waals surface area (Å²) in [7, 11) is 0. The second kappa shape index (κ2) is 10.5. The molecular weight excluding hydrogens is 324 g/mol. The Bertz CT molecular complexity index is 469. The van der Waals surface area contributed by atoms with E-state index < -0.39 is 61.6 Å². The molecule has 8 N–H and O–H groups in total. The van der Waals surface area contributed by atoms with E-state index in [2.05, 4.69) is 10.6 Å². The molecule has 0 spiro atoms. The molecule has 11 nitrogen and oxygen atoms in total. The Balaban J connectivity index is 4.87. The number of rotatable bonds is 10. The van der Waals surface area contributed by atoms with Crippen LogP contribution in [0.15, 0.2) is 0 Å². The molecular formula is C13H24N4O7. The van der Waals surface area contributed by atoms with Gasteiger partial charge in [-0.1, -0.05) is 13.8 Å². The summed E-state index contributed by atoms with van der Waals surface area (Å²) in [6.45, 7) is 1.24. The SMILES string of the molecule is CC(C)C(NC(=O)C(N)CO)C(=O)NC(CO)C(=O)NCC(=O)O. The molecule has 138 valence electrons. The smallest absolute Gasteiger partial charge is 0.322 e. The molecule has 0 aliphatic heterocycles. The molecule has 0 rings (SSSR count). The van der Waals surface area contributed by atoms with Crippen molar-refractivity contribution >= 4 is 23.7 Å². The van der Waals surface area contributed by atoms with Crippen LogP contribution in [-0.4, -0.2) is 76.9 Å². The summed E-state index contributed by atoms with van der Waals surface area (Å²) >= 11 is 0. The zero-order valence-corrected chi connectivity index (χ0v) is 13.5. The molecule has 0 aliphatic carbocycles. The maximum atomic E-state index is 12.2. The summed E-state index contributed by atoms with van der Waals surface area (Å²) in [4.78, 5) is 46.0. The zero-order chi connectivity index (χ0) is 18.9. The molecule has 0 aromatic carbocycles. The lowest BCUT2D eigenvalue weighted by Crippen LogP contribution is -2.58. The average molecular weight is 348 g/mol. The fourth-order valence-electron chi connectivity index (χ4n) is 1.62. The molecule has 0 bridgehead atoms. The Morgan fingerprint density at radius 3 is 1.96 bits per heavy atom. The summed E-state index contributed by atoms with van der Waals surface area (Å²) < 4.78 is 0. The molecule has 0 saturated heterocycles. The van der Waals surface area contributed by atoms with Gasteiger partial charge in [-0.3, -0.25) is 19.2 Å². The van der Waals surface area contributed by atoms with Crippen molar-refractivity contribution in [1.29, 1.82) is 0 Å². The predicted molar refractivity (Wildman–Crippen MR) is 81.5 cm³/mol. The van der Waals surface area contributed by atoms with Crippen LogP contribution < -0.4 is 21.7 Å². The van der Waals surface area contributed by atoms with Crippen LogP contribution in [0, 0.1) is 5.92 Å². The molecule has 0 fully saturated rings. The summed E-state index contributed by atoms with van der Waals surface area (Å²) in [5.74, 6) is -4.04. The van der Waals surface area contributed by atoms with Crippen molar-refractivity contribution in [3.63, 3.8) is 0 Å². The fourth-order valence-corrected chi connectivity index (χ4v) is 1.62. The van der Waals surface area contributed by atoms with Crippen LogP contribution in [0.25, 0.3) is 0 Å². The number of carboxylic acids is 1. The molecule has 3 unspecified atom stereocenters. The Labute approximate surface area is 138 Å². The van der Waals surface area contributed by atoms with Gasteiger partial charge in [0.15, 0.2) is 0 Å². The second-order valence-corrected chi connectivity index (χ2v) is 5.37. The molecule has 0 aliphatic rings. The summed E-state index contributed by atoms with van der Waals surface area (Å²) in [6.07, 6.45) is 0. The quantitative estimate of drug-likeness (QED) is 0.208. The van der Waals surface area contributed by atoms with Crippen molar-refractivity contribution in [2.75, 3.05) is 19.8 Å². The zero-order valence-electron chi connectivity index (χ0n) is 13.5. The van der Waals surface area contributed by atoms with Gasteiger partial charge >= 0.3 is 5.97 Å². The maximum Gasteiger partial charge on any atom is 0.322 e. The van der Waals surface area contributed by atoms with E-state index in [9.17, 15) is 24.3 Å². The highest BCUT2D eigenvalue weighted by Gasteiger charge is 2.29. The van der Waals surface area contributed by atoms with Crippen LogP contribution in [0.3, 0.4) is 0 Å². The molecule has 0 heterocycles. The first-order valence-corrected chi connectivity index (χ1v) is 7.21. The highest BCUT2D eigenvalue weighted by atomic mass is 16.4. The van der Waals surface area contributed by atoms with Gasteiger partial charge in [0.25, 0.3) is 0 Å². The van der Waals surface area contributed by atoms with Gasteiger partial charge in [0.2, 0.25) is 17.7 Å². The third kappa shape index (κ3) is 7.35. The largest absolute Gasteiger partial charge is 0.480 e. The normalized spacial score (nSPS) is 14.4. The van der Waals surface area contributed by atoms with E-state index in [0.29, 0.717) is 0 Å². The molecule has 0 saturated carbocycles. The molecule has 11 heteroatoms. The van der Waals surface area contributed by atoms with E-state index in [4.69, 9.17) is 15.9 Å². The molecule has 3 amide bonds. The number of aliphatic carboxylic acids is 1. The molecule has 24 heavy (non-hydrogen) atoms. The Morgan fingerprint density at radius 1 is 0.958 bits per heavy atom. The summed E-state index contributed by atoms with van der Waals surface area (Å²) in [5, 5.41) is 33.1. The minimum absolute atomic E-state index is 0.374. The number of hydrogen-bond acceptors (Lipinski definition) is 7. The van der Waals surface area contributed by atoms with Crippen molar-refractivity contribution in [1.82, 2.24) is 16.0 Å². The van der Waals surface area contributed by atoms with Gasteiger partial charge in [-0.05, 0) is 5.92 Å². The van der Waals surface area contributed by atoms with Gasteiger partial charge in [0, 0.05) is 0 Å². The van der Waals surface area contributed by atoms with Gasteiger partial charge in [-0.25, -0.2) is 0 Å². The fraction of sp³-hybridized carbons (Fsp3) is 0.692. The number of carbonyl (C=O) groups excluding carboxylic acids is 3. The number of carbonyl (C=O) groups is 4. The van der Waals surface area contributed by atoms with Crippen LogP contribution in [0.4, 0.5) is 0 Å². The molecule has 0 aromatic heterocycles. The van der Waals surface area contributed by atoms with E-state index in [-0.39, 0.29) is 5.92 Å². The number of carboxylic acid groups (broad SMARTS) is 1. The monoisotopic (exact) mass is 348 g/mol. The van der Waals surface area contributed by atoms with Gasteiger partial charge < -0.3 is 37.0 Å². The minimum atomic E-state index is -1.37. The third-order valence-corrected chi connectivity index (χ3v) is 3.01. The lowest BCUT2D eigenvalue weighted by Gasteiger charge is -2.25. The topological polar surface area (TPSA) is 191 Å². The van der Waals surface area contributed by atoms with Crippen molar-refractivity contribution in [3.8, 4) is 0 Å². The van der Waals surface area contributed by atoms with Crippen molar-refractivity contribution in [2.24, 2.45) is 11.7 Å². The molecule has 3 atom stereocenters. The van der Waals surface area contributed by atoms with E-state index in [1.807, 2.05) is 5.32 Å². The highest BCUT2D eigenvalue weighted by molar-refractivity contribution is 5.93. The number of nitrogens with one attached hydrogen (secondary N) is 3. The number of nitrogens with two attached hydrogens (primary N) is 1. The van der Waals surface area contributed by atoms with Crippen LogP contribution in [0.1, 0.15) is 13.8 Å². The van der Waals surface area contributed by atoms with Gasteiger partial charge in [0.1, 0.15) is 24.7 Å². The Morgan fingerprint density at radius 2 is 1.54 bits per heavy atom. The Hall–Kier alpha value is -2.24. The lowest BCUT2D eigenvalue weighted by atomic mass is 10.0. The predicted octanol–water partition coefficient (Wildman–Crippen LogP) is -3.88. The van der Waals surface area contributed by atoms with E-state index in [1.165, 1.54) is 0 Å². The lowest BCUT2D eigenvalue weighted by molar-refractivity contribution is -0.139. The maximum absolute atomic E-state index is 12.2. The minimum Gasteiger partial charge on any atom is -0.480 e. The summed E-state index contributed by atoms with van der Waals surface area (Å²) in [6, 6.07) is -3.63. The van der Waals surface area contributed by atoms with Crippen LogP contribution >= 0.6 is 0 Å². The van der Waals surface area contributed by atoms with E-state index >= 15 is 0 Å².